The molecule has 0 spiro atoms. The van der Waals surface area contributed by atoms with Gasteiger partial charge in [-0.2, -0.15) is 5.26 Å². The van der Waals surface area contributed by atoms with Crippen molar-refractivity contribution in [2.24, 2.45) is 0 Å². The largest absolute Gasteiger partial charge is 0.493 e. The molecule has 9 nitrogen and oxygen atoms in total. The quantitative estimate of drug-likeness (QED) is 0.0652. The van der Waals surface area contributed by atoms with Gasteiger partial charge in [0.2, 0.25) is 0 Å². The number of rotatable bonds is 7. The number of carbonyl (C=O) groups is 2. The van der Waals surface area contributed by atoms with E-state index in [-0.39, 0.29) is 38.5 Å². The number of nitro groups is 1. The molecule has 11 heteroatoms. The summed E-state index contributed by atoms with van der Waals surface area (Å²) in [5.74, 6) is -1.15. The first kappa shape index (κ1) is 27.1. The van der Waals surface area contributed by atoms with Gasteiger partial charge in [0.05, 0.1) is 33.3 Å². The number of fused-ring (bicyclic) bond motifs is 1. The number of benzene rings is 4. The fourth-order valence-corrected chi connectivity index (χ4v) is 4.27. The van der Waals surface area contributed by atoms with Gasteiger partial charge in [-0.3, -0.25) is 14.9 Å². The second-order valence-corrected chi connectivity index (χ2v) is 8.81. The zero-order valence-electron chi connectivity index (χ0n) is 20.1. The highest BCUT2D eigenvalue weighted by molar-refractivity contribution is 6.40. The Morgan fingerprint density at radius 1 is 1.00 bits per heavy atom. The van der Waals surface area contributed by atoms with Crippen LogP contribution < -0.4 is 14.8 Å². The lowest BCUT2D eigenvalue weighted by Gasteiger charge is -2.12. The summed E-state index contributed by atoms with van der Waals surface area (Å²) in [5.41, 5.74) is -0.0801. The van der Waals surface area contributed by atoms with Crippen molar-refractivity contribution in [2.45, 2.75) is 0 Å². The molecule has 0 radical (unpaired) electrons. The summed E-state index contributed by atoms with van der Waals surface area (Å²) in [6, 6.07) is 21.0. The van der Waals surface area contributed by atoms with Crippen molar-refractivity contribution in [1.29, 1.82) is 5.26 Å². The lowest BCUT2D eigenvalue weighted by molar-refractivity contribution is -0.384. The van der Waals surface area contributed by atoms with Crippen molar-refractivity contribution in [3.05, 3.63) is 110 Å². The van der Waals surface area contributed by atoms with E-state index in [2.05, 4.69) is 5.32 Å². The lowest BCUT2D eigenvalue weighted by Crippen LogP contribution is -2.14. The van der Waals surface area contributed by atoms with E-state index in [4.69, 9.17) is 32.7 Å². The molecule has 0 unspecified atom stereocenters. The number of hydrogen-bond acceptors (Lipinski definition) is 7. The highest BCUT2D eigenvalue weighted by Crippen LogP contribution is 2.35. The molecular formula is C28H17Cl2N3O6. The number of ether oxygens (including phenoxy) is 2. The van der Waals surface area contributed by atoms with E-state index in [0.717, 1.165) is 17.5 Å². The molecule has 0 saturated heterocycles. The number of amides is 1. The summed E-state index contributed by atoms with van der Waals surface area (Å²) in [4.78, 5) is 36.2. The van der Waals surface area contributed by atoms with Crippen LogP contribution in [0.1, 0.15) is 15.9 Å². The first-order valence-electron chi connectivity index (χ1n) is 11.2. The molecule has 4 aromatic carbocycles. The molecule has 0 heterocycles. The summed E-state index contributed by atoms with van der Waals surface area (Å²) in [6.45, 7) is 0. The molecule has 4 aromatic rings. The normalized spacial score (nSPS) is 11.0. The van der Waals surface area contributed by atoms with Gasteiger partial charge < -0.3 is 14.8 Å². The van der Waals surface area contributed by atoms with E-state index in [9.17, 15) is 25.0 Å². The van der Waals surface area contributed by atoms with Crippen LogP contribution in [0.3, 0.4) is 0 Å². The fraction of sp³-hybridized carbons (Fsp3) is 0.0357. The number of hydrogen-bond donors (Lipinski definition) is 1. The Labute approximate surface area is 231 Å². The standard InChI is InChI=1S/C28H17Cl2N3O6/c1-38-24-10-9-16(12-25(24)39-28(35)21-8-4-6-17-5-2-3-7-20(17)21)11-18(15-31)27(34)32-26-22(29)13-19(33(36)37)14-23(26)30/h2-14H,1H3,(H,32,34)/b18-11+. The van der Waals surface area contributed by atoms with Gasteiger partial charge in [0, 0.05) is 12.1 Å². The zero-order chi connectivity index (χ0) is 28.1. The number of nitrogens with one attached hydrogen (secondary N) is 1. The van der Waals surface area contributed by atoms with Crippen molar-refractivity contribution in [1.82, 2.24) is 0 Å². The van der Waals surface area contributed by atoms with Crippen LogP contribution in [0.25, 0.3) is 16.8 Å². The Kier molecular flexibility index (Phi) is 8.10. The second-order valence-electron chi connectivity index (χ2n) is 7.99. The van der Waals surface area contributed by atoms with Gasteiger partial charge in [0.1, 0.15) is 11.6 Å². The molecule has 4 rings (SSSR count). The van der Waals surface area contributed by atoms with E-state index in [1.54, 1.807) is 24.3 Å². The first-order valence-corrected chi connectivity index (χ1v) is 11.9. The number of halogens is 2. The fourth-order valence-electron chi connectivity index (χ4n) is 3.70. The molecule has 0 aliphatic carbocycles. The highest BCUT2D eigenvalue weighted by atomic mass is 35.5. The van der Waals surface area contributed by atoms with E-state index in [0.29, 0.717) is 16.5 Å². The number of non-ortho nitro benzene ring substituents is 1. The van der Waals surface area contributed by atoms with Gasteiger partial charge >= 0.3 is 5.97 Å². The smallest absolute Gasteiger partial charge is 0.344 e. The van der Waals surface area contributed by atoms with Crippen molar-refractivity contribution >= 4 is 63.3 Å². The average Bonchev–Trinajstić information content (AvgIpc) is 2.93. The maximum absolute atomic E-state index is 13.1. The maximum atomic E-state index is 13.1. The minimum Gasteiger partial charge on any atom is -0.493 e. The van der Waals surface area contributed by atoms with Crippen LogP contribution in [-0.2, 0) is 4.79 Å². The summed E-state index contributed by atoms with van der Waals surface area (Å²) in [7, 11) is 1.41. The third-order valence-electron chi connectivity index (χ3n) is 5.55. The molecule has 0 aliphatic rings. The number of esters is 1. The van der Waals surface area contributed by atoms with Gasteiger partial charge in [0.15, 0.2) is 11.5 Å². The number of nitriles is 1. The zero-order valence-corrected chi connectivity index (χ0v) is 21.6. The summed E-state index contributed by atoms with van der Waals surface area (Å²) in [6.07, 6.45) is 1.26. The molecule has 1 amide bonds. The Bertz CT molecular complexity index is 1680. The van der Waals surface area contributed by atoms with E-state index < -0.39 is 16.8 Å². The van der Waals surface area contributed by atoms with Crippen LogP contribution in [0.2, 0.25) is 10.0 Å². The van der Waals surface area contributed by atoms with Gasteiger partial charge in [-0.25, -0.2) is 4.79 Å². The Morgan fingerprint density at radius 2 is 1.69 bits per heavy atom. The third-order valence-corrected chi connectivity index (χ3v) is 6.15. The number of carbonyl (C=O) groups excluding carboxylic acids is 2. The van der Waals surface area contributed by atoms with Gasteiger partial charge in [-0.1, -0.05) is 65.7 Å². The molecule has 194 valence electrons. The predicted octanol–water partition coefficient (Wildman–Crippen LogP) is 6.83. The summed E-state index contributed by atoms with van der Waals surface area (Å²) >= 11 is 12.1. The van der Waals surface area contributed by atoms with Gasteiger partial charge in [-0.15, -0.1) is 0 Å². The van der Waals surface area contributed by atoms with Crippen LogP contribution in [0.5, 0.6) is 11.5 Å². The minimum absolute atomic E-state index is 0.0725. The van der Waals surface area contributed by atoms with Crippen LogP contribution in [0, 0.1) is 21.4 Å². The Hall–Kier alpha value is -4.91. The molecule has 0 saturated carbocycles. The van der Waals surface area contributed by atoms with E-state index in [1.165, 1.54) is 25.3 Å². The van der Waals surface area contributed by atoms with Gasteiger partial charge in [-0.05, 0) is 40.6 Å². The Morgan fingerprint density at radius 3 is 2.36 bits per heavy atom. The molecule has 0 atom stereocenters. The van der Waals surface area contributed by atoms with E-state index in [1.807, 2.05) is 30.3 Å². The van der Waals surface area contributed by atoms with Crippen molar-refractivity contribution in [3.8, 4) is 17.6 Å². The monoisotopic (exact) mass is 561 g/mol. The molecule has 0 aromatic heterocycles. The third kappa shape index (κ3) is 5.99. The molecule has 0 fully saturated rings. The highest BCUT2D eigenvalue weighted by Gasteiger charge is 2.19. The number of anilines is 1. The molecule has 0 aliphatic heterocycles. The molecule has 39 heavy (non-hydrogen) atoms. The topological polar surface area (TPSA) is 132 Å². The van der Waals surface area contributed by atoms with Crippen LogP contribution in [0.15, 0.2) is 78.4 Å². The van der Waals surface area contributed by atoms with Gasteiger partial charge in [0.25, 0.3) is 11.6 Å². The van der Waals surface area contributed by atoms with Crippen LogP contribution in [0.4, 0.5) is 11.4 Å². The van der Waals surface area contributed by atoms with Crippen molar-refractivity contribution < 1.29 is 24.0 Å². The number of methoxy groups -OCH3 is 1. The maximum Gasteiger partial charge on any atom is 0.344 e. The lowest BCUT2D eigenvalue weighted by atomic mass is 10.0. The van der Waals surface area contributed by atoms with Crippen LogP contribution in [-0.4, -0.2) is 23.9 Å². The van der Waals surface area contributed by atoms with Crippen molar-refractivity contribution in [2.75, 3.05) is 12.4 Å². The second kappa shape index (κ2) is 11.6. The minimum atomic E-state index is -0.861. The Balaban J connectivity index is 1.62. The first-order chi connectivity index (χ1) is 18.7. The summed E-state index contributed by atoms with van der Waals surface area (Å²) < 4.78 is 11.0. The summed E-state index contributed by atoms with van der Waals surface area (Å²) in [5, 5.41) is 24.2. The van der Waals surface area contributed by atoms with Crippen molar-refractivity contribution in [3.63, 3.8) is 0 Å². The molecule has 1 N–H and O–H groups in total. The average molecular weight is 562 g/mol. The molecular weight excluding hydrogens is 545 g/mol. The SMILES string of the molecule is COc1ccc(/C=C(\C#N)C(=O)Nc2c(Cl)cc([N+](=O)[O-])cc2Cl)cc1OC(=O)c1cccc2ccccc12. The molecule has 0 bridgehead atoms. The predicted molar refractivity (Wildman–Crippen MR) is 147 cm³/mol. The number of nitro benzene ring substituents is 1. The van der Waals surface area contributed by atoms with Crippen LogP contribution >= 0.6 is 23.2 Å². The number of nitrogens with zero attached hydrogens (tertiary/aromatic N) is 2. The van der Waals surface area contributed by atoms with E-state index >= 15 is 0 Å².